The van der Waals surface area contributed by atoms with E-state index in [1.807, 2.05) is 11.0 Å². The Balaban J connectivity index is 0.000000290. The average Bonchev–Trinajstić information content (AvgIpc) is 3.27. The molecule has 2 aliphatic rings. The normalized spacial score (nSPS) is 15.2. The number of nitriles is 2. The highest BCUT2D eigenvalue weighted by Gasteiger charge is 2.37. The molecule has 2 aromatic heterocycles. The van der Waals surface area contributed by atoms with Crippen LogP contribution in [0.25, 0.3) is 11.4 Å². The number of benzene rings is 2. The van der Waals surface area contributed by atoms with Crippen LogP contribution in [0.3, 0.4) is 0 Å². The molecule has 0 saturated carbocycles. The van der Waals surface area contributed by atoms with Crippen molar-refractivity contribution in [1.82, 2.24) is 27.7 Å². The fraction of sp³-hybridized carbons (Fsp3) is 0.500. The minimum Gasteiger partial charge on any atom is -0.417 e. The molecule has 0 spiro atoms. The van der Waals surface area contributed by atoms with Crippen LogP contribution in [-0.2, 0) is 37.3 Å². The van der Waals surface area contributed by atoms with Crippen molar-refractivity contribution in [2.45, 2.75) is 64.6 Å². The van der Waals surface area contributed by atoms with Crippen molar-refractivity contribution in [1.29, 1.82) is 10.5 Å². The summed E-state index contributed by atoms with van der Waals surface area (Å²) in [6.45, 7) is 14.4. The Morgan fingerprint density at radius 2 is 1.03 bits per heavy atom. The first-order valence-electron chi connectivity index (χ1n) is 21.5. The Kier molecular flexibility index (Phi) is 18.4. The molecule has 66 heavy (non-hydrogen) atoms. The number of hydrogen-bond acceptors (Lipinski definition) is 14. The van der Waals surface area contributed by atoms with Gasteiger partial charge in [0.15, 0.2) is 20.0 Å². The zero-order chi connectivity index (χ0) is 47.7. The topological polar surface area (TPSA) is 228 Å². The number of hydrogen-bond donors (Lipinski definition) is 1. The van der Waals surface area contributed by atoms with E-state index in [0.29, 0.717) is 99.2 Å². The van der Waals surface area contributed by atoms with E-state index < -0.39 is 28.4 Å². The Morgan fingerprint density at radius 3 is 1.35 bits per heavy atom. The second kappa shape index (κ2) is 22.7. The Morgan fingerprint density at radius 1 is 0.667 bits per heavy atom. The molecule has 4 aromatic rings. The zero-order valence-corrected chi connectivity index (χ0v) is 42.1. The van der Waals surface area contributed by atoms with Crippen LogP contribution in [0.5, 0.6) is 0 Å². The third kappa shape index (κ3) is 13.8. The van der Waals surface area contributed by atoms with Crippen molar-refractivity contribution in [3.63, 3.8) is 0 Å². The minimum atomic E-state index is -3.28. The maximum atomic E-state index is 13.5. The van der Waals surface area contributed by atoms with Gasteiger partial charge in [0.1, 0.15) is 0 Å². The summed E-state index contributed by atoms with van der Waals surface area (Å²) >= 11 is 0. The van der Waals surface area contributed by atoms with Crippen LogP contribution in [0.1, 0.15) is 56.1 Å². The van der Waals surface area contributed by atoms with Crippen LogP contribution in [-0.4, -0.2) is 136 Å². The predicted octanol–water partition coefficient (Wildman–Crippen LogP) is 3.67. The van der Waals surface area contributed by atoms with Crippen LogP contribution in [0.15, 0.2) is 70.5 Å². The van der Waals surface area contributed by atoms with E-state index in [1.54, 1.807) is 70.4 Å². The second-order valence-corrected chi connectivity index (χ2v) is 26.4. The summed E-state index contributed by atoms with van der Waals surface area (Å²) in [5.74, 6) is 0.577. The highest BCUT2D eigenvalue weighted by molar-refractivity contribution is 7.88. The van der Waals surface area contributed by atoms with Crippen LogP contribution >= 0.6 is 12.4 Å². The van der Waals surface area contributed by atoms with E-state index in [0.717, 1.165) is 12.1 Å². The molecule has 2 saturated heterocycles. The Labute approximate surface area is 395 Å². The maximum absolute atomic E-state index is 13.5. The number of aliphatic hydroxyl groups excluding tert-OH is 1. The van der Waals surface area contributed by atoms with Crippen molar-refractivity contribution in [3.8, 4) is 23.5 Å². The number of piperazine rings is 2. The van der Waals surface area contributed by atoms with Gasteiger partial charge in [-0.05, 0) is 92.3 Å². The van der Waals surface area contributed by atoms with Gasteiger partial charge in [0.05, 0.1) is 47.2 Å². The first kappa shape index (κ1) is 53.6. The van der Waals surface area contributed by atoms with Gasteiger partial charge >= 0.3 is 0 Å². The zero-order valence-electron chi connectivity index (χ0n) is 38.7. The molecule has 2 fully saturated rings. The van der Waals surface area contributed by atoms with Crippen molar-refractivity contribution in [3.05, 3.63) is 104 Å². The molecule has 18 nitrogen and oxygen atoms in total. The molecule has 0 unspecified atom stereocenters. The maximum Gasteiger partial charge on any atom is 0.298 e. The molecule has 0 bridgehead atoms. The van der Waals surface area contributed by atoms with Gasteiger partial charge in [0.2, 0.25) is 20.0 Å². The first-order chi connectivity index (χ1) is 30.6. The average molecular weight is 986 g/mol. The van der Waals surface area contributed by atoms with Gasteiger partial charge in [0.25, 0.3) is 11.1 Å². The lowest BCUT2D eigenvalue weighted by Gasteiger charge is -2.36. The number of aromatic nitrogens is 4. The number of anilines is 2. The van der Waals surface area contributed by atoms with Gasteiger partial charge in [-0.2, -0.15) is 19.1 Å². The third-order valence-corrected chi connectivity index (χ3v) is 19.0. The molecule has 358 valence electrons. The number of rotatable bonds is 14. The summed E-state index contributed by atoms with van der Waals surface area (Å²) < 4.78 is 59.5. The van der Waals surface area contributed by atoms with Gasteiger partial charge in [-0.1, -0.05) is 20.8 Å². The molecular weight excluding hydrogens is 924 g/mol. The largest absolute Gasteiger partial charge is 0.417 e. The molecule has 0 aliphatic carbocycles. The molecule has 0 radical (unpaired) electrons. The van der Waals surface area contributed by atoms with Gasteiger partial charge < -0.3 is 19.3 Å². The van der Waals surface area contributed by atoms with E-state index in [-0.39, 0.29) is 54.1 Å². The van der Waals surface area contributed by atoms with Crippen molar-refractivity contribution in [2.75, 3.05) is 87.9 Å². The summed E-state index contributed by atoms with van der Waals surface area (Å²) in [5, 5.41) is 27.4. The molecule has 4 heterocycles. The van der Waals surface area contributed by atoms with Crippen LogP contribution in [0.2, 0.25) is 18.1 Å². The second-order valence-electron chi connectivity index (χ2n) is 17.6. The van der Waals surface area contributed by atoms with Gasteiger partial charge in [-0.25, -0.2) is 26.8 Å². The van der Waals surface area contributed by atoms with E-state index in [4.69, 9.17) is 25.0 Å². The smallest absolute Gasteiger partial charge is 0.298 e. The molecular formula is C44H61ClN10O8S2Si. The van der Waals surface area contributed by atoms with Crippen LogP contribution in [0.4, 0.5) is 11.6 Å². The van der Waals surface area contributed by atoms with Crippen molar-refractivity contribution in [2.24, 2.45) is 0 Å². The van der Waals surface area contributed by atoms with Gasteiger partial charge in [-0.3, -0.25) is 18.7 Å². The van der Waals surface area contributed by atoms with Crippen molar-refractivity contribution >= 4 is 52.4 Å². The molecule has 6 rings (SSSR count). The standard InChI is InChI=1S/C25H37N5O4SSi.C19H23N5O4S.ClH/c1-25(2,3)36(5,6)34-17-7-8-21-19-30(22-11-9-20(18-26)10-12-22)24(31)23(27-21)28-13-15-29(16-14-28)35(4,32)33;1-29(27,28)23-10-8-22(9-11-23)18-19(26)24(14-16(21-18)3-2-12-25)17-6-4-15(13-20)5-7-17;/h9-12,19H,7-8,13-17H2,1-6H3;4-7,14,25H,2-3,8-12H2,1H3;1H. The van der Waals surface area contributed by atoms with Gasteiger partial charge in [-0.15, -0.1) is 12.4 Å². The molecule has 0 amide bonds. The fourth-order valence-corrected chi connectivity index (χ4v) is 9.75. The number of halogens is 1. The summed E-state index contributed by atoms with van der Waals surface area (Å²) in [6, 6.07) is 17.7. The molecule has 1 N–H and O–H groups in total. The molecule has 22 heteroatoms. The number of aryl methyl sites for hydroxylation is 2. The Hall–Kier alpha value is -4.97. The monoisotopic (exact) mass is 984 g/mol. The molecule has 2 aliphatic heterocycles. The number of aliphatic hydroxyl groups is 1. The van der Waals surface area contributed by atoms with Crippen molar-refractivity contribution < 1.29 is 26.4 Å². The minimum absolute atomic E-state index is 0. The lowest BCUT2D eigenvalue weighted by atomic mass is 10.2. The summed E-state index contributed by atoms with van der Waals surface area (Å²) in [6.07, 6.45) is 8.21. The summed E-state index contributed by atoms with van der Waals surface area (Å²) in [4.78, 5) is 39.5. The third-order valence-electron chi connectivity index (χ3n) is 11.9. The fourth-order valence-electron chi connectivity index (χ4n) is 7.01. The lowest BCUT2D eigenvalue weighted by Crippen LogP contribution is -2.50. The summed E-state index contributed by atoms with van der Waals surface area (Å²) in [5.41, 5.74) is 3.11. The highest BCUT2D eigenvalue weighted by atomic mass is 35.5. The SMILES string of the molecule is CC(C)(C)[Si](C)(C)OCCCc1cn(-c2ccc(C#N)cc2)c(=O)c(N2CCN(S(C)(=O)=O)CC2)n1.CS(=O)(=O)N1CCN(c2nc(CCCO)cn(-c3ccc(C#N)cc3)c2=O)CC1.Cl. The van der Waals surface area contributed by atoms with Crippen LogP contribution < -0.4 is 20.9 Å². The predicted molar refractivity (Wildman–Crippen MR) is 260 cm³/mol. The highest BCUT2D eigenvalue weighted by Crippen LogP contribution is 2.36. The molecule has 2 aromatic carbocycles. The lowest BCUT2D eigenvalue weighted by molar-refractivity contribution is 0.282. The Bertz CT molecular complexity index is 2720. The quantitative estimate of drug-likeness (QED) is 0.141. The van der Waals surface area contributed by atoms with E-state index >= 15 is 0 Å². The first-order valence-corrected chi connectivity index (χ1v) is 28.1. The number of sulfonamides is 2. The van der Waals surface area contributed by atoms with E-state index in [1.165, 1.54) is 25.7 Å². The number of nitrogens with zero attached hydrogens (tertiary/aromatic N) is 10. The van der Waals surface area contributed by atoms with Crippen LogP contribution in [0, 0.1) is 22.7 Å². The van der Waals surface area contributed by atoms with E-state index in [2.05, 4.69) is 44.9 Å². The van der Waals surface area contributed by atoms with E-state index in [9.17, 15) is 26.4 Å². The van der Waals surface area contributed by atoms with Gasteiger partial charge in [0, 0.05) is 89.3 Å². The summed E-state index contributed by atoms with van der Waals surface area (Å²) in [7, 11) is -8.40. The molecule has 0 atom stereocenters.